The van der Waals surface area contributed by atoms with E-state index in [2.05, 4.69) is 10.1 Å². The van der Waals surface area contributed by atoms with E-state index < -0.39 is 5.97 Å². The van der Waals surface area contributed by atoms with Crippen LogP contribution in [0.5, 0.6) is 0 Å². The first-order chi connectivity index (χ1) is 10.1. The van der Waals surface area contributed by atoms with Gasteiger partial charge in [-0.25, -0.2) is 4.79 Å². The largest absolute Gasteiger partial charge is 0.472 e. The Kier molecular flexibility index (Phi) is 4.77. The number of esters is 1. The van der Waals surface area contributed by atoms with E-state index in [-0.39, 0.29) is 11.9 Å². The van der Waals surface area contributed by atoms with Gasteiger partial charge in [0.15, 0.2) is 0 Å². The minimum Gasteiger partial charge on any atom is -0.472 e. The van der Waals surface area contributed by atoms with E-state index in [1.807, 2.05) is 13.0 Å². The second kappa shape index (κ2) is 6.74. The zero-order valence-electron chi connectivity index (χ0n) is 12.0. The van der Waals surface area contributed by atoms with Crippen LogP contribution < -0.4 is 5.32 Å². The van der Waals surface area contributed by atoms with E-state index in [0.29, 0.717) is 17.5 Å². The van der Waals surface area contributed by atoms with Gasteiger partial charge in [0.25, 0.3) is 5.91 Å². The molecular weight excluding hydrogens is 270 g/mol. The van der Waals surface area contributed by atoms with E-state index in [4.69, 9.17) is 4.42 Å². The molecule has 0 aliphatic carbocycles. The molecule has 1 N–H and O–H groups in total. The third kappa shape index (κ3) is 3.95. The Balaban J connectivity index is 1.95. The van der Waals surface area contributed by atoms with Crippen LogP contribution in [0.25, 0.3) is 0 Å². The second-order valence-electron chi connectivity index (χ2n) is 4.78. The van der Waals surface area contributed by atoms with Crippen molar-refractivity contribution in [3.8, 4) is 0 Å². The van der Waals surface area contributed by atoms with Crippen LogP contribution in [0.1, 0.15) is 33.2 Å². The summed E-state index contributed by atoms with van der Waals surface area (Å²) in [4.78, 5) is 23.4. The van der Waals surface area contributed by atoms with Crippen molar-refractivity contribution in [1.29, 1.82) is 0 Å². The third-order valence-electron chi connectivity index (χ3n) is 3.07. The SMILES string of the molecule is COC(=O)c1ccc(C(=O)NC(C)Cc2ccoc2)cc1. The van der Waals surface area contributed by atoms with E-state index in [1.54, 1.807) is 36.8 Å². The fraction of sp³-hybridized carbons (Fsp3) is 0.250. The average Bonchev–Trinajstić information content (AvgIpc) is 2.99. The summed E-state index contributed by atoms with van der Waals surface area (Å²) in [5.74, 6) is -0.599. The molecule has 2 aromatic rings. The fourth-order valence-electron chi connectivity index (χ4n) is 2.00. The number of hydrogen-bond acceptors (Lipinski definition) is 4. The highest BCUT2D eigenvalue weighted by molar-refractivity contribution is 5.96. The molecule has 0 saturated carbocycles. The van der Waals surface area contributed by atoms with Crippen molar-refractivity contribution >= 4 is 11.9 Å². The molecule has 1 aromatic heterocycles. The molecule has 0 aliphatic heterocycles. The van der Waals surface area contributed by atoms with E-state index in [0.717, 1.165) is 5.56 Å². The van der Waals surface area contributed by atoms with Crippen LogP contribution in [0.3, 0.4) is 0 Å². The van der Waals surface area contributed by atoms with Gasteiger partial charge in [0.2, 0.25) is 0 Å². The molecule has 5 nitrogen and oxygen atoms in total. The highest BCUT2D eigenvalue weighted by atomic mass is 16.5. The van der Waals surface area contributed by atoms with Crippen LogP contribution in [0.4, 0.5) is 0 Å². The van der Waals surface area contributed by atoms with Gasteiger partial charge in [-0.05, 0) is 49.2 Å². The van der Waals surface area contributed by atoms with Gasteiger partial charge in [-0.1, -0.05) is 0 Å². The summed E-state index contributed by atoms with van der Waals surface area (Å²) in [5, 5.41) is 2.90. The molecule has 2 rings (SSSR count). The number of carbonyl (C=O) groups is 2. The van der Waals surface area contributed by atoms with E-state index >= 15 is 0 Å². The number of carbonyl (C=O) groups excluding carboxylic acids is 2. The summed E-state index contributed by atoms with van der Waals surface area (Å²) in [6.45, 7) is 1.92. The van der Waals surface area contributed by atoms with Gasteiger partial charge in [0.1, 0.15) is 0 Å². The normalized spacial score (nSPS) is 11.7. The van der Waals surface area contributed by atoms with Crippen molar-refractivity contribution in [1.82, 2.24) is 5.32 Å². The Bertz CT molecular complexity index is 602. The lowest BCUT2D eigenvalue weighted by atomic mass is 10.1. The molecule has 1 unspecified atom stereocenters. The van der Waals surface area contributed by atoms with Gasteiger partial charge in [0, 0.05) is 11.6 Å². The fourth-order valence-corrected chi connectivity index (χ4v) is 2.00. The summed E-state index contributed by atoms with van der Waals surface area (Å²) >= 11 is 0. The Labute approximate surface area is 122 Å². The number of hydrogen-bond donors (Lipinski definition) is 1. The van der Waals surface area contributed by atoms with Gasteiger partial charge >= 0.3 is 5.97 Å². The molecule has 0 bridgehead atoms. The Morgan fingerprint density at radius 1 is 1.19 bits per heavy atom. The second-order valence-corrected chi connectivity index (χ2v) is 4.78. The first kappa shape index (κ1) is 14.8. The molecule has 1 aromatic carbocycles. The highest BCUT2D eigenvalue weighted by Gasteiger charge is 2.12. The number of amides is 1. The van der Waals surface area contributed by atoms with Gasteiger partial charge < -0.3 is 14.5 Å². The van der Waals surface area contributed by atoms with Crippen LogP contribution in [0.2, 0.25) is 0 Å². The molecular formula is C16H17NO4. The average molecular weight is 287 g/mol. The molecule has 0 aliphatic rings. The summed E-state index contributed by atoms with van der Waals surface area (Å²) in [7, 11) is 1.32. The topological polar surface area (TPSA) is 68.5 Å². The zero-order valence-corrected chi connectivity index (χ0v) is 12.0. The van der Waals surface area contributed by atoms with Gasteiger partial charge in [0.05, 0.1) is 25.2 Å². The number of nitrogens with one attached hydrogen (secondary N) is 1. The zero-order chi connectivity index (χ0) is 15.2. The molecule has 1 heterocycles. The maximum absolute atomic E-state index is 12.1. The molecule has 1 atom stereocenters. The van der Waals surface area contributed by atoms with Crippen LogP contribution in [-0.2, 0) is 11.2 Å². The van der Waals surface area contributed by atoms with Crippen LogP contribution >= 0.6 is 0 Å². The van der Waals surface area contributed by atoms with Crippen molar-refractivity contribution in [3.05, 3.63) is 59.5 Å². The minimum absolute atomic E-state index is 0.0182. The van der Waals surface area contributed by atoms with Crippen molar-refractivity contribution in [2.75, 3.05) is 7.11 Å². The van der Waals surface area contributed by atoms with E-state index in [9.17, 15) is 9.59 Å². The Morgan fingerprint density at radius 3 is 2.43 bits per heavy atom. The van der Waals surface area contributed by atoms with Crippen LogP contribution in [0, 0.1) is 0 Å². The van der Waals surface area contributed by atoms with E-state index in [1.165, 1.54) is 7.11 Å². The first-order valence-electron chi connectivity index (χ1n) is 6.60. The lowest BCUT2D eigenvalue weighted by Crippen LogP contribution is -2.34. The summed E-state index contributed by atoms with van der Waals surface area (Å²) in [6.07, 6.45) is 3.96. The van der Waals surface area contributed by atoms with Crippen molar-refractivity contribution < 1.29 is 18.7 Å². The first-order valence-corrected chi connectivity index (χ1v) is 6.60. The molecule has 0 spiro atoms. The van der Waals surface area contributed by atoms with Gasteiger partial charge in [-0.2, -0.15) is 0 Å². The van der Waals surface area contributed by atoms with Crippen molar-refractivity contribution in [3.63, 3.8) is 0 Å². The summed E-state index contributed by atoms with van der Waals surface area (Å²) in [5.41, 5.74) is 1.95. The predicted octanol–water partition coefficient (Wildman–Crippen LogP) is 2.43. The minimum atomic E-state index is -0.421. The monoisotopic (exact) mass is 287 g/mol. The Morgan fingerprint density at radius 2 is 1.86 bits per heavy atom. The maximum Gasteiger partial charge on any atom is 0.337 e. The summed E-state index contributed by atoms with van der Waals surface area (Å²) < 4.78 is 9.61. The predicted molar refractivity (Wildman–Crippen MR) is 77.1 cm³/mol. The third-order valence-corrected chi connectivity index (χ3v) is 3.07. The Hall–Kier alpha value is -2.56. The van der Waals surface area contributed by atoms with Crippen LogP contribution in [0.15, 0.2) is 47.3 Å². The van der Waals surface area contributed by atoms with Crippen LogP contribution in [-0.4, -0.2) is 25.0 Å². The lowest BCUT2D eigenvalue weighted by molar-refractivity contribution is 0.0600. The molecule has 0 fully saturated rings. The molecule has 1 amide bonds. The number of ether oxygens (including phenoxy) is 1. The quantitative estimate of drug-likeness (QED) is 0.858. The number of methoxy groups -OCH3 is 1. The van der Waals surface area contributed by atoms with Gasteiger partial charge in [-0.15, -0.1) is 0 Å². The maximum atomic E-state index is 12.1. The molecule has 21 heavy (non-hydrogen) atoms. The molecule has 0 radical (unpaired) electrons. The van der Waals surface area contributed by atoms with Crippen molar-refractivity contribution in [2.45, 2.75) is 19.4 Å². The lowest BCUT2D eigenvalue weighted by Gasteiger charge is -2.13. The highest BCUT2D eigenvalue weighted by Crippen LogP contribution is 2.08. The molecule has 5 heteroatoms. The standard InChI is InChI=1S/C16H17NO4/c1-11(9-12-7-8-21-10-12)17-15(18)13-3-5-14(6-4-13)16(19)20-2/h3-8,10-11H,9H2,1-2H3,(H,17,18). The molecule has 110 valence electrons. The number of furan rings is 1. The number of rotatable bonds is 5. The number of benzene rings is 1. The van der Waals surface area contributed by atoms with Crippen molar-refractivity contribution in [2.24, 2.45) is 0 Å². The van der Waals surface area contributed by atoms with Gasteiger partial charge in [-0.3, -0.25) is 4.79 Å². The smallest absolute Gasteiger partial charge is 0.337 e. The molecule has 0 saturated heterocycles. The summed E-state index contributed by atoms with van der Waals surface area (Å²) in [6, 6.07) is 8.20.